The van der Waals surface area contributed by atoms with Crippen molar-refractivity contribution in [2.24, 2.45) is 17.6 Å². The lowest BCUT2D eigenvalue weighted by Gasteiger charge is -2.25. The van der Waals surface area contributed by atoms with Crippen LogP contribution < -0.4 is 11.1 Å². The van der Waals surface area contributed by atoms with Crippen molar-refractivity contribution in [3.8, 4) is 0 Å². The lowest BCUT2D eigenvalue weighted by molar-refractivity contribution is -0.126. The Morgan fingerprint density at radius 2 is 2.22 bits per heavy atom. The van der Waals surface area contributed by atoms with Crippen LogP contribution in [0.25, 0.3) is 0 Å². The van der Waals surface area contributed by atoms with E-state index in [0.29, 0.717) is 18.5 Å². The van der Waals surface area contributed by atoms with Crippen LogP contribution in [0.1, 0.15) is 56.8 Å². The molecule has 2 aliphatic carbocycles. The maximum Gasteiger partial charge on any atom is 0.223 e. The summed E-state index contributed by atoms with van der Waals surface area (Å²) in [6.45, 7) is 4.92. The summed E-state index contributed by atoms with van der Waals surface area (Å²) in [5.41, 5.74) is 8.30. The Bertz CT molecular complexity index is 543. The number of carbonyl (C=O) groups is 1. The van der Waals surface area contributed by atoms with Crippen LogP contribution in [0.15, 0.2) is 6.20 Å². The van der Waals surface area contributed by atoms with Gasteiger partial charge in [-0.1, -0.05) is 6.42 Å². The second-order valence-electron chi connectivity index (χ2n) is 7.16. The molecule has 1 heterocycles. The molecule has 0 aromatic carbocycles. The number of carbonyl (C=O) groups excluding carboxylic acids is 1. The predicted octanol–water partition coefficient (Wildman–Crippen LogP) is 2.23. The minimum absolute atomic E-state index is 0. The number of aryl methyl sites for hydroxylation is 1. The van der Waals surface area contributed by atoms with Crippen molar-refractivity contribution in [1.82, 2.24) is 15.1 Å². The maximum absolute atomic E-state index is 12.5. The smallest absolute Gasteiger partial charge is 0.223 e. The number of hydrogen-bond donors (Lipinski definition) is 2. The number of hydrogen-bond acceptors (Lipinski definition) is 3. The Hall–Kier alpha value is -1.07. The molecule has 0 bridgehead atoms. The van der Waals surface area contributed by atoms with E-state index in [9.17, 15) is 4.79 Å². The third kappa shape index (κ3) is 3.89. The minimum Gasteiger partial charge on any atom is -0.353 e. The third-order valence-corrected chi connectivity index (χ3v) is 5.27. The highest BCUT2D eigenvalue weighted by Gasteiger charge is 2.33. The minimum atomic E-state index is 0. The Labute approximate surface area is 144 Å². The number of rotatable bonds is 4. The van der Waals surface area contributed by atoms with E-state index >= 15 is 0 Å². The Balaban J connectivity index is 0.00000192. The van der Waals surface area contributed by atoms with E-state index in [4.69, 9.17) is 5.73 Å². The average Bonchev–Trinajstić information content (AvgIpc) is 3.12. The van der Waals surface area contributed by atoms with Crippen molar-refractivity contribution >= 4 is 18.3 Å². The normalized spacial score (nSPS) is 26.7. The molecule has 130 valence electrons. The average molecular weight is 341 g/mol. The highest BCUT2D eigenvalue weighted by molar-refractivity contribution is 5.85. The zero-order valence-electron chi connectivity index (χ0n) is 14.1. The summed E-state index contributed by atoms with van der Waals surface area (Å²) in [6.07, 6.45) is 8.28. The van der Waals surface area contributed by atoms with Crippen molar-refractivity contribution in [2.75, 3.05) is 6.54 Å². The number of nitrogens with one attached hydrogen (secondary N) is 1. The number of fused-ring (bicyclic) bond motifs is 1. The van der Waals surface area contributed by atoms with Gasteiger partial charge < -0.3 is 11.1 Å². The summed E-state index contributed by atoms with van der Waals surface area (Å²) in [5, 5.41) is 7.94. The van der Waals surface area contributed by atoms with E-state index in [1.165, 1.54) is 5.56 Å². The van der Waals surface area contributed by atoms with Crippen molar-refractivity contribution < 1.29 is 4.79 Å². The van der Waals surface area contributed by atoms with E-state index in [0.717, 1.165) is 44.2 Å². The van der Waals surface area contributed by atoms with Gasteiger partial charge in [0.1, 0.15) is 0 Å². The SMILES string of the molecule is CC(C)n1cc2c(n1)CC(NC(=O)[C@@H]1CCC[C@@H]1CN)CC2.Cl. The molecule has 3 N–H and O–H groups in total. The number of amides is 1. The van der Waals surface area contributed by atoms with Crippen molar-refractivity contribution in [2.45, 2.75) is 64.5 Å². The molecule has 6 heteroatoms. The zero-order chi connectivity index (χ0) is 15.7. The first-order chi connectivity index (χ1) is 10.6. The van der Waals surface area contributed by atoms with Crippen LogP contribution in [0.5, 0.6) is 0 Å². The molecule has 3 atom stereocenters. The first-order valence-electron chi connectivity index (χ1n) is 8.65. The second-order valence-corrected chi connectivity index (χ2v) is 7.16. The molecule has 1 unspecified atom stereocenters. The molecule has 0 aliphatic heterocycles. The summed E-state index contributed by atoms with van der Waals surface area (Å²) in [7, 11) is 0. The van der Waals surface area contributed by atoms with Gasteiger partial charge in [-0.2, -0.15) is 5.10 Å². The zero-order valence-corrected chi connectivity index (χ0v) is 14.9. The second kappa shape index (κ2) is 7.67. The number of nitrogens with zero attached hydrogens (tertiary/aromatic N) is 2. The molecule has 2 aliphatic rings. The summed E-state index contributed by atoms with van der Waals surface area (Å²) >= 11 is 0. The predicted molar refractivity (Wildman–Crippen MR) is 93.7 cm³/mol. The van der Waals surface area contributed by atoms with E-state index in [2.05, 4.69) is 30.5 Å². The van der Waals surface area contributed by atoms with Gasteiger partial charge in [0.25, 0.3) is 0 Å². The van der Waals surface area contributed by atoms with Crippen LogP contribution in [-0.2, 0) is 17.6 Å². The molecule has 0 saturated heterocycles. The van der Waals surface area contributed by atoms with Crippen molar-refractivity contribution in [3.05, 3.63) is 17.5 Å². The third-order valence-electron chi connectivity index (χ3n) is 5.27. The van der Waals surface area contributed by atoms with Gasteiger partial charge in [-0.05, 0) is 57.6 Å². The largest absolute Gasteiger partial charge is 0.353 e. The lowest BCUT2D eigenvalue weighted by atomic mass is 9.91. The van der Waals surface area contributed by atoms with Gasteiger partial charge in [0.05, 0.1) is 5.69 Å². The van der Waals surface area contributed by atoms with Crippen LogP contribution in [0.3, 0.4) is 0 Å². The standard InChI is InChI=1S/C17H28N4O.ClH/c1-11(2)21-10-13-6-7-14(8-16(13)20-21)19-17(22)15-5-3-4-12(15)9-18;/h10-12,14-15H,3-9,18H2,1-2H3,(H,19,22);1H/t12-,14?,15-;/m1./s1. The number of aromatic nitrogens is 2. The van der Waals surface area contributed by atoms with Crippen LogP contribution in [0, 0.1) is 11.8 Å². The maximum atomic E-state index is 12.5. The van der Waals surface area contributed by atoms with Gasteiger partial charge in [0.2, 0.25) is 5.91 Å². The Morgan fingerprint density at radius 3 is 2.91 bits per heavy atom. The van der Waals surface area contributed by atoms with Crippen LogP contribution in [0.4, 0.5) is 0 Å². The monoisotopic (exact) mass is 340 g/mol. The molecule has 23 heavy (non-hydrogen) atoms. The first kappa shape index (κ1) is 18.3. The number of nitrogens with two attached hydrogens (primary N) is 1. The fraction of sp³-hybridized carbons (Fsp3) is 0.765. The highest BCUT2D eigenvalue weighted by atomic mass is 35.5. The van der Waals surface area contributed by atoms with Gasteiger partial charge in [-0.3, -0.25) is 9.48 Å². The first-order valence-corrected chi connectivity index (χ1v) is 8.65. The van der Waals surface area contributed by atoms with Gasteiger partial charge in [0.15, 0.2) is 0 Å². The van der Waals surface area contributed by atoms with Crippen LogP contribution in [0.2, 0.25) is 0 Å². The molecule has 0 spiro atoms. The summed E-state index contributed by atoms with van der Waals surface area (Å²) in [5.74, 6) is 0.712. The molecule has 5 nitrogen and oxygen atoms in total. The molecule has 1 fully saturated rings. The van der Waals surface area contributed by atoms with E-state index in [1.54, 1.807) is 0 Å². The number of halogens is 1. The molecule has 0 radical (unpaired) electrons. The fourth-order valence-corrected chi connectivity index (χ4v) is 3.87. The van der Waals surface area contributed by atoms with E-state index in [-0.39, 0.29) is 30.3 Å². The van der Waals surface area contributed by atoms with Crippen molar-refractivity contribution in [1.29, 1.82) is 0 Å². The quantitative estimate of drug-likeness (QED) is 0.882. The van der Waals surface area contributed by atoms with Gasteiger partial charge in [-0.15, -0.1) is 12.4 Å². The van der Waals surface area contributed by atoms with E-state index < -0.39 is 0 Å². The molecule has 1 amide bonds. The molecule has 3 rings (SSSR count). The van der Waals surface area contributed by atoms with Gasteiger partial charge in [-0.25, -0.2) is 0 Å². The summed E-state index contributed by atoms with van der Waals surface area (Å²) < 4.78 is 2.04. The Morgan fingerprint density at radius 1 is 1.43 bits per heavy atom. The van der Waals surface area contributed by atoms with Crippen LogP contribution in [-0.4, -0.2) is 28.3 Å². The molecule has 1 aromatic heterocycles. The fourth-order valence-electron chi connectivity index (χ4n) is 3.87. The van der Waals surface area contributed by atoms with Gasteiger partial charge in [0, 0.05) is 30.6 Å². The van der Waals surface area contributed by atoms with Gasteiger partial charge >= 0.3 is 0 Å². The molecule has 1 saturated carbocycles. The molecular weight excluding hydrogens is 312 g/mol. The Kier molecular flexibility index (Phi) is 6.09. The highest BCUT2D eigenvalue weighted by Crippen LogP contribution is 2.31. The van der Waals surface area contributed by atoms with E-state index in [1.807, 2.05) is 4.68 Å². The molecule has 1 aromatic rings. The van der Waals surface area contributed by atoms with Crippen molar-refractivity contribution in [3.63, 3.8) is 0 Å². The lowest BCUT2D eigenvalue weighted by Crippen LogP contribution is -2.43. The topological polar surface area (TPSA) is 72.9 Å². The van der Waals surface area contributed by atoms with Crippen LogP contribution >= 0.6 is 12.4 Å². The summed E-state index contributed by atoms with van der Waals surface area (Å²) in [6, 6.07) is 0.622. The summed E-state index contributed by atoms with van der Waals surface area (Å²) in [4.78, 5) is 12.5. The molecular formula is C17H29ClN4O.